The summed E-state index contributed by atoms with van der Waals surface area (Å²) in [5, 5.41) is 19.8. The van der Waals surface area contributed by atoms with Crippen molar-refractivity contribution in [2.75, 3.05) is 0 Å². The first-order valence-corrected chi connectivity index (χ1v) is 3.73. The third-order valence-corrected chi connectivity index (χ3v) is 1.02. The molecule has 0 aromatic heterocycles. The van der Waals surface area contributed by atoms with Crippen molar-refractivity contribution in [3.05, 3.63) is 48.6 Å². The Kier molecular flexibility index (Phi) is 18.1. The Morgan fingerprint density at radius 1 is 0.625 bits per heavy atom. The molecule has 0 spiro atoms. The molecule has 0 aliphatic rings. The predicted molar refractivity (Wildman–Crippen MR) is 46.6 cm³/mol. The summed E-state index contributed by atoms with van der Waals surface area (Å²) in [7, 11) is 0. The number of hydrogen-bond donors (Lipinski definition) is 0. The van der Waals surface area contributed by atoms with Crippen molar-refractivity contribution in [1.29, 1.82) is 0 Å². The molecule has 0 unspecified atom stereocenters. The summed E-state index contributed by atoms with van der Waals surface area (Å²) in [5.41, 5.74) is 0. The number of carbonyl (C=O) groups excluding carboxylic acids is 2. The molecule has 0 aromatic carbocycles. The number of carbonyl (C=O) groups is 2. The molecule has 0 fully saturated rings. The smallest absolute Gasteiger partial charge is 0.545 e. The van der Waals surface area contributed by atoms with E-state index in [0.717, 1.165) is 12.2 Å². The van der Waals surface area contributed by atoms with E-state index in [-0.39, 0.29) is 37.7 Å². The Balaban J connectivity index is -0.000000845. The monoisotopic (exact) mass is 206 g/mol. The summed E-state index contributed by atoms with van der Waals surface area (Å²) in [6.45, 7) is 0. The standard InChI is InChI=1S/C10H10O4.2Li/c11-9(12)7-5-3-1-2-4-6-8-10(13)14;;/h1-8H,(H,11,12)(H,13,14);;/q;2*+1/p-2/b3-1-,4-2-,7-5-,8-6-;;. The quantitative estimate of drug-likeness (QED) is 0.254. The van der Waals surface area contributed by atoms with Crippen molar-refractivity contribution < 1.29 is 57.5 Å². The first-order valence-electron chi connectivity index (χ1n) is 3.73. The molecule has 0 aliphatic carbocycles. The van der Waals surface area contributed by atoms with Crippen molar-refractivity contribution in [2.24, 2.45) is 0 Å². The summed E-state index contributed by atoms with van der Waals surface area (Å²) >= 11 is 0. The van der Waals surface area contributed by atoms with Crippen molar-refractivity contribution in [1.82, 2.24) is 0 Å². The molecule has 0 atom stereocenters. The van der Waals surface area contributed by atoms with Gasteiger partial charge in [0.1, 0.15) is 0 Å². The Morgan fingerprint density at radius 2 is 0.875 bits per heavy atom. The SMILES string of the molecule is O=C([O-])\C=C/C=C\C=C/C=C\C(=O)[O-].[Li+].[Li+]. The summed E-state index contributed by atoms with van der Waals surface area (Å²) in [6, 6.07) is 0. The first kappa shape index (κ1) is 20.5. The van der Waals surface area contributed by atoms with E-state index in [0.29, 0.717) is 0 Å². The number of carboxylic acid groups (broad SMARTS) is 2. The number of allylic oxidation sites excluding steroid dienone is 6. The van der Waals surface area contributed by atoms with Crippen LogP contribution >= 0.6 is 0 Å². The number of aliphatic carboxylic acids is 2. The fourth-order valence-corrected chi connectivity index (χ4v) is 0.525. The van der Waals surface area contributed by atoms with Crippen LogP contribution < -0.4 is 47.9 Å². The van der Waals surface area contributed by atoms with Gasteiger partial charge < -0.3 is 19.8 Å². The van der Waals surface area contributed by atoms with Crippen LogP contribution in [-0.2, 0) is 9.59 Å². The van der Waals surface area contributed by atoms with E-state index in [1.165, 1.54) is 24.3 Å². The van der Waals surface area contributed by atoms with Crippen LogP contribution in [0.2, 0.25) is 0 Å². The fourth-order valence-electron chi connectivity index (χ4n) is 0.525. The molecular formula is C10H8Li2O4. The number of hydrogen-bond acceptors (Lipinski definition) is 4. The van der Waals surface area contributed by atoms with E-state index in [1.54, 1.807) is 12.2 Å². The molecule has 0 heterocycles. The van der Waals surface area contributed by atoms with Crippen molar-refractivity contribution >= 4 is 11.9 Å². The van der Waals surface area contributed by atoms with Gasteiger partial charge in [-0.3, -0.25) is 0 Å². The predicted octanol–water partition coefficient (Wildman–Crippen LogP) is -7.28. The van der Waals surface area contributed by atoms with Crippen molar-refractivity contribution in [3.63, 3.8) is 0 Å². The molecule has 4 nitrogen and oxygen atoms in total. The summed E-state index contributed by atoms with van der Waals surface area (Å²) < 4.78 is 0. The van der Waals surface area contributed by atoms with Crippen LogP contribution in [0.1, 0.15) is 0 Å². The summed E-state index contributed by atoms with van der Waals surface area (Å²) in [5.74, 6) is -2.54. The average Bonchev–Trinajstić information content (AvgIpc) is 2.08. The van der Waals surface area contributed by atoms with Crippen LogP contribution in [-0.4, -0.2) is 11.9 Å². The molecule has 0 N–H and O–H groups in total. The van der Waals surface area contributed by atoms with Gasteiger partial charge in [-0.25, -0.2) is 0 Å². The molecule has 6 heteroatoms. The fraction of sp³-hybridized carbons (Fsp3) is 0. The second-order valence-electron chi connectivity index (χ2n) is 2.13. The molecule has 0 rings (SSSR count). The zero-order valence-electron chi connectivity index (χ0n) is 9.25. The van der Waals surface area contributed by atoms with Gasteiger partial charge >= 0.3 is 37.7 Å². The average molecular weight is 206 g/mol. The zero-order valence-corrected chi connectivity index (χ0v) is 9.25. The van der Waals surface area contributed by atoms with Gasteiger partial charge in [0.2, 0.25) is 0 Å². The van der Waals surface area contributed by atoms with Crippen LogP contribution in [0.5, 0.6) is 0 Å². The second-order valence-corrected chi connectivity index (χ2v) is 2.13. The van der Waals surface area contributed by atoms with Gasteiger partial charge in [0.15, 0.2) is 0 Å². The first-order chi connectivity index (χ1) is 6.63. The minimum Gasteiger partial charge on any atom is -0.545 e. The zero-order chi connectivity index (χ0) is 10.8. The molecule has 0 aromatic rings. The van der Waals surface area contributed by atoms with Crippen LogP contribution in [0, 0.1) is 0 Å². The number of carboxylic acids is 2. The van der Waals surface area contributed by atoms with Gasteiger partial charge in [-0.05, 0) is 12.2 Å². The normalized spacial score (nSPS) is 10.8. The Hall–Kier alpha value is -0.905. The van der Waals surface area contributed by atoms with Crippen molar-refractivity contribution in [2.45, 2.75) is 0 Å². The molecule has 16 heavy (non-hydrogen) atoms. The second kappa shape index (κ2) is 14.1. The molecule has 0 radical (unpaired) electrons. The summed E-state index contributed by atoms with van der Waals surface area (Å²) in [6.07, 6.45) is 10.4. The molecule has 0 amide bonds. The largest absolute Gasteiger partial charge is 1.00 e. The molecule has 74 valence electrons. The van der Waals surface area contributed by atoms with E-state index >= 15 is 0 Å². The Morgan fingerprint density at radius 3 is 1.12 bits per heavy atom. The Bertz CT molecular complexity index is 285. The van der Waals surface area contributed by atoms with E-state index in [9.17, 15) is 19.8 Å². The maximum absolute atomic E-state index is 9.88. The van der Waals surface area contributed by atoms with E-state index in [1.807, 2.05) is 0 Å². The van der Waals surface area contributed by atoms with Crippen LogP contribution in [0.25, 0.3) is 0 Å². The Labute approximate surface area is 118 Å². The number of rotatable bonds is 5. The van der Waals surface area contributed by atoms with Gasteiger partial charge in [0.05, 0.1) is 11.9 Å². The van der Waals surface area contributed by atoms with Gasteiger partial charge in [0, 0.05) is 0 Å². The minimum atomic E-state index is -1.27. The molecule has 0 saturated heterocycles. The molecule has 0 bridgehead atoms. The maximum Gasteiger partial charge on any atom is 1.00 e. The topological polar surface area (TPSA) is 80.3 Å². The molecule has 0 saturated carbocycles. The van der Waals surface area contributed by atoms with E-state index < -0.39 is 11.9 Å². The van der Waals surface area contributed by atoms with Gasteiger partial charge in [0.25, 0.3) is 0 Å². The van der Waals surface area contributed by atoms with E-state index in [4.69, 9.17) is 0 Å². The van der Waals surface area contributed by atoms with Gasteiger partial charge in [-0.2, -0.15) is 0 Å². The van der Waals surface area contributed by atoms with Gasteiger partial charge in [-0.1, -0.05) is 36.5 Å². The van der Waals surface area contributed by atoms with Crippen LogP contribution in [0.3, 0.4) is 0 Å². The summed E-state index contributed by atoms with van der Waals surface area (Å²) in [4.78, 5) is 19.8. The van der Waals surface area contributed by atoms with Crippen LogP contribution in [0.4, 0.5) is 0 Å². The third-order valence-electron chi connectivity index (χ3n) is 1.02. The third kappa shape index (κ3) is 18.8. The molecular weight excluding hydrogens is 198 g/mol. The van der Waals surface area contributed by atoms with Gasteiger partial charge in [-0.15, -0.1) is 0 Å². The van der Waals surface area contributed by atoms with Crippen LogP contribution in [0.15, 0.2) is 48.6 Å². The molecule has 0 aliphatic heterocycles. The van der Waals surface area contributed by atoms with E-state index in [2.05, 4.69) is 0 Å². The maximum atomic E-state index is 9.88. The van der Waals surface area contributed by atoms with Crippen molar-refractivity contribution in [3.8, 4) is 0 Å². The minimum absolute atomic E-state index is 0.